The van der Waals surface area contributed by atoms with Crippen molar-refractivity contribution in [2.75, 3.05) is 12.8 Å². The number of guanidine groups is 1. The van der Waals surface area contributed by atoms with Crippen LogP contribution in [0.15, 0.2) is 40.2 Å². The Morgan fingerprint density at radius 1 is 1.19 bits per heavy atom. The van der Waals surface area contributed by atoms with E-state index in [0.29, 0.717) is 17.3 Å². The topological polar surface area (TPSA) is 70.6 Å². The molecule has 0 aromatic heterocycles. The van der Waals surface area contributed by atoms with Crippen LogP contribution in [0.1, 0.15) is 27.2 Å². The molecule has 1 rings (SSSR count). The van der Waals surface area contributed by atoms with Crippen molar-refractivity contribution in [3.05, 3.63) is 30.3 Å². The summed E-state index contributed by atoms with van der Waals surface area (Å²) in [4.78, 5) is 4.48. The summed E-state index contributed by atoms with van der Waals surface area (Å²) in [6.07, 6.45) is 0.699. The van der Waals surface area contributed by atoms with Crippen molar-refractivity contribution in [2.45, 2.75) is 44.2 Å². The standard InChI is InChI=1S/C15H25N3O2S/c1-5-13(18-15(16-4)17-12(2)3)11-21(19,20)14-9-7-6-8-10-14/h6-10,12-13H,5,11H2,1-4H3,(H2,16,17,18). The van der Waals surface area contributed by atoms with Gasteiger partial charge >= 0.3 is 0 Å². The second-order valence-electron chi connectivity index (χ2n) is 5.22. The van der Waals surface area contributed by atoms with Gasteiger partial charge in [0, 0.05) is 19.1 Å². The van der Waals surface area contributed by atoms with E-state index in [9.17, 15) is 8.42 Å². The first-order valence-corrected chi connectivity index (χ1v) is 8.82. The summed E-state index contributed by atoms with van der Waals surface area (Å²) >= 11 is 0. The van der Waals surface area contributed by atoms with Crippen LogP contribution in [0, 0.1) is 0 Å². The quantitative estimate of drug-likeness (QED) is 0.621. The van der Waals surface area contributed by atoms with Gasteiger partial charge in [0.15, 0.2) is 15.8 Å². The van der Waals surface area contributed by atoms with Gasteiger partial charge in [-0.25, -0.2) is 8.42 Å². The first kappa shape index (κ1) is 17.5. The van der Waals surface area contributed by atoms with Crippen LogP contribution in [0.2, 0.25) is 0 Å². The summed E-state index contributed by atoms with van der Waals surface area (Å²) < 4.78 is 24.8. The van der Waals surface area contributed by atoms with Crippen LogP contribution in [-0.4, -0.2) is 39.3 Å². The minimum atomic E-state index is -3.30. The molecule has 1 atom stereocenters. The molecule has 21 heavy (non-hydrogen) atoms. The van der Waals surface area contributed by atoms with E-state index < -0.39 is 9.84 Å². The number of nitrogens with one attached hydrogen (secondary N) is 2. The Kier molecular flexibility index (Phi) is 6.68. The van der Waals surface area contributed by atoms with E-state index in [1.807, 2.05) is 26.8 Å². The highest BCUT2D eigenvalue weighted by molar-refractivity contribution is 7.91. The summed E-state index contributed by atoms with van der Waals surface area (Å²) in [6.45, 7) is 5.98. The molecule has 6 heteroatoms. The van der Waals surface area contributed by atoms with Crippen molar-refractivity contribution in [3.63, 3.8) is 0 Å². The third-order valence-corrected chi connectivity index (χ3v) is 4.84. The van der Waals surface area contributed by atoms with Gasteiger partial charge in [-0.15, -0.1) is 0 Å². The molecule has 0 fully saturated rings. The van der Waals surface area contributed by atoms with Crippen molar-refractivity contribution >= 4 is 15.8 Å². The molecule has 0 spiro atoms. The van der Waals surface area contributed by atoms with Crippen LogP contribution in [0.5, 0.6) is 0 Å². The van der Waals surface area contributed by atoms with Crippen molar-refractivity contribution < 1.29 is 8.42 Å². The fourth-order valence-electron chi connectivity index (χ4n) is 1.89. The molecule has 0 saturated heterocycles. The smallest absolute Gasteiger partial charge is 0.191 e. The lowest BCUT2D eigenvalue weighted by atomic mass is 10.2. The molecule has 0 saturated carbocycles. The van der Waals surface area contributed by atoms with E-state index in [4.69, 9.17) is 0 Å². The summed E-state index contributed by atoms with van der Waals surface area (Å²) in [5, 5.41) is 6.33. The van der Waals surface area contributed by atoms with Gasteiger partial charge in [-0.05, 0) is 32.4 Å². The predicted octanol–water partition coefficient (Wildman–Crippen LogP) is 1.81. The molecule has 0 radical (unpaired) electrons. The van der Waals surface area contributed by atoms with E-state index >= 15 is 0 Å². The summed E-state index contributed by atoms with van der Waals surface area (Å²) in [7, 11) is -1.62. The Balaban J connectivity index is 2.78. The van der Waals surface area contributed by atoms with Crippen molar-refractivity contribution in [3.8, 4) is 0 Å². The van der Waals surface area contributed by atoms with Gasteiger partial charge in [0.25, 0.3) is 0 Å². The first-order chi connectivity index (χ1) is 9.89. The summed E-state index contributed by atoms with van der Waals surface area (Å²) in [6, 6.07) is 8.59. The Morgan fingerprint density at radius 3 is 2.29 bits per heavy atom. The Morgan fingerprint density at radius 2 is 1.81 bits per heavy atom. The van der Waals surface area contributed by atoms with Gasteiger partial charge in [-0.1, -0.05) is 25.1 Å². The van der Waals surface area contributed by atoms with Crippen LogP contribution in [0.3, 0.4) is 0 Å². The number of sulfone groups is 1. The Bertz CT molecular complexity index is 554. The lowest BCUT2D eigenvalue weighted by molar-refractivity contribution is 0.566. The molecule has 1 aromatic rings. The highest BCUT2D eigenvalue weighted by Crippen LogP contribution is 2.12. The van der Waals surface area contributed by atoms with E-state index in [1.54, 1.807) is 31.3 Å². The van der Waals surface area contributed by atoms with Gasteiger partial charge in [-0.2, -0.15) is 0 Å². The Hall–Kier alpha value is -1.56. The fraction of sp³-hybridized carbons (Fsp3) is 0.533. The maximum atomic E-state index is 12.4. The zero-order valence-electron chi connectivity index (χ0n) is 13.1. The molecule has 0 aliphatic carbocycles. The number of hydrogen-bond donors (Lipinski definition) is 2. The lowest BCUT2D eigenvalue weighted by Crippen LogP contribution is -2.47. The molecule has 118 valence electrons. The van der Waals surface area contributed by atoms with Gasteiger partial charge in [0.05, 0.1) is 10.6 Å². The van der Waals surface area contributed by atoms with Crippen LogP contribution in [0.25, 0.3) is 0 Å². The second-order valence-corrected chi connectivity index (χ2v) is 7.25. The van der Waals surface area contributed by atoms with Crippen LogP contribution in [0.4, 0.5) is 0 Å². The Labute approximate surface area is 127 Å². The van der Waals surface area contributed by atoms with Gasteiger partial charge in [-0.3, -0.25) is 4.99 Å². The molecule has 0 heterocycles. The maximum absolute atomic E-state index is 12.4. The van der Waals surface area contributed by atoms with Crippen LogP contribution in [-0.2, 0) is 9.84 Å². The first-order valence-electron chi connectivity index (χ1n) is 7.16. The number of nitrogens with zero attached hydrogens (tertiary/aromatic N) is 1. The minimum Gasteiger partial charge on any atom is -0.354 e. The average molecular weight is 311 g/mol. The molecule has 1 aromatic carbocycles. The fourth-order valence-corrected chi connectivity index (χ4v) is 3.50. The number of benzene rings is 1. The monoisotopic (exact) mass is 311 g/mol. The van der Waals surface area contributed by atoms with Gasteiger partial charge < -0.3 is 10.6 Å². The zero-order valence-corrected chi connectivity index (χ0v) is 13.9. The van der Waals surface area contributed by atoms with Crippen molar-refractivity contribution in [1.29, 1.82) is 0 Å². The predicted molar refractivity (Wildman–Crippen MR) is 87.3 cm³/mol. The number of rotatable bonds is 6. The molecule has 5 nitrogen and oxygen atoms in total. The van der Waals surface area contributed by atoms with Crippen LogP contribution < -0.4 is 10.6 Å². The molecule has 1 unspecified atom stereocenters. The van der Waals surface area contributed by atoms with Gasteiger partial charge in [0.1, 0.15) is 0 Å². The van der Waals surface area contributed by atoms with E-state index in [1.165, 1.54) is 0 Å². The normalized spacial score (nSPS) is 14.0. The second kappa shape index (κ2) is 8.02. The molecule has 2 N–H and O–H groups in total. The van der Waals surface area contributed by atoms with E-state index in [2.05, 4.69) is 15.6 Å². The summed E-state index contributed by atoms with van der Waals surface area (Å²) in [5.41, 5.74) is 0. The highest BCUT2D eigenvalue weighted by Gasteiger charge is 2.20. The zero-order chi connectivity index (χ0) is 15.9. The lowest BCUT2D eigenvalue weighted by Gasteiger charge is -2.21. The molecular weight excluding hydrogens is 286 g/mol. The summed E-state index contributed by atoms with van der Waals surface area (Å²) in [5.74, 6) is 0.673. The van der Waals surface area contributed by atoms with E-state index in [0.717, 1.165) is 0 Å². The van der Waals surface area contributed by atoms with Gasteiger partial charge in [0.2, 0.25) is 0 Å². The van der Waals surface area contributed by atoms with E-state index in [-0.39, 0.29) is 17.8 Å². The number of hydrogen-bond acceptors (Lipinski definition) is 3. The highest BCUT2D eigenvalue weighted by atomic mass is 32.2. The van der Waals surface area contributed by atoms with Crippen molar-refractivity contribution in [2.24, 2.45) is 4.99 Å². The number of aliphatic imine (C=N–C) groups is 1. The third-order valence-electron chi connectivity index (χ3n) is 3.01. The molecular formula is C15H25N3O2S. The maximum Gasteiger partial charge on any atom is 0.191 e. The van der Waals surface area contributed by atoms with Crippen molar-refractivity contribution in [1.82, 2.24) is 10.6 Å². The molecule has 0 amide bonds. The minimum absolute atomic E-state index is 0.0479. The largest absolute Gasteiger partial charge is 0.354 e. The molecule has 0 aliphatic rings. The SMILES string of the molecule is CCC(CS(=O)(=O)c1ccccc1)NC(=NC)NC(C)C. The molecule has 0 aliphatic heterocycles. The average Bonchev–Trinajstić information content (AvgIpc) is 2.45. The third kappa shape index (κ3) is 5.75. The van der Waals surface area contributed by atoms with Crippen LogP contribution >= 0.6 is 0 Å². The molecule has 0 bridgehead atoms.